The topological polar surface area (TPSA) is 34.1 Å². The number of hydrogen-bond donors (Lipinski definition) is 1. The molecule has 20 heavy (non-hydrogen) atoms. The fourth-order valence-electron chi connectivity index (χ4n) is 1.86. The molecule has 2 atom stereocenters. The molecule has 1 aromatic carbocycles. The van der Waals surface area contributed by atoms with Crippen LogP contribution in [0.4, 0.5) is 0 Å². The Bertz CT molecular complexity index is 514. The molecule has 0 aliphatic heterocycles. The maximum atomic E-state index is 5.63. The molecule has 106 valence electrons. The molecule has 0 saturated carbocycles. The van der Waals surface area contributed by atoms with Crippen LogP contribution in [-0.2, 0) is 6.54 Å². The zero-order chi connectivity index (χ0) is 14.4. The third-order valence-corrected chi connectivity index (χ3v) is 3.49. The number of nitrogens with one attached hydrogen (secondary N) is 1. The Morgan fingerprint density at radius 2 is 1.95 bits per heavy atom. The van der Waals surface area contributed by atoms with Crippen molar-refractivity contribution in [3.63, 3.8) is 0 Å². The molecular weight excluding hydrogens is 267 g/mol. The molecule has 2 unspecified atom stereocenters. The molecule has 0 amide bonds. The van der Waals surface area contributed by atoms with Crippen molar-refractivity contribution in [2.24, 2.45) is 0 Å². The molecule has 3 nitrogen and oxygen atoms in total. The molecular formula is C16H21N2OP. The van der Waals surface area contributed by atoms with Gasteiger partial charge in [0, 0.05) is 24.7 Å². The SMILES string of the molecule is CC(C)Oc1ccc(CNC(P)c2cccnc2)cc1. The van der Waals surface area contributed by atoms with Crippen molar-refractivity contribution >= 4 is 9.24 Å². The van der Waals surface area contributed by atoms with E-state index >= 15 is 0 Å². The molecule has 2 aromatic rings. The van der Waals surface area contributed by atoms with Crippen LogP contribution < -0.4 is 10.1 Å². The average molecular weight is 288 g/mol. The van der Waals surface area contributed by atoms with E-state index in [4.69, 9.17) is 4.74 Å². The first kappa shape index (κ1) is 15.0. The van der Waals surface area contributed by atoms with Gasteiger partial charge in [-0.25, -0.2) is 0 Å². The maximum absolute atomic E-state index is 5.63. The highest BCUT2D eigenvalue weighted by Gasteiger charge is 2.05. The molecule has 0 fully saturated rings. The first-order valence-corrected chi connectivity index (χ1v) is 7.46. The van der Waals surface area contributed by atoms with Crippen LogP contribution >= 0.6 is 9.24 Å². The first-order chi connectivity index (χ1) is 9.65. The third kappa shape index (κ3) is 4.59. The van der Waals surface area contributed by atoms with Gasteiger partial charge >= 0.3 is 0 Å². The Morgan fingerprint density at radius 1 is 1.20 bits per heavy atom. The number of hydrogen-bond acceptors (Lipinski definition) is 3. The van der Waals surface area contributed by atoms with Crippen LogP contribution in [0.1, 0.15) is 30.8 Å². The molecule has 0 bridgehead atoms. The molecule has 0 aliphatic rings. The van der Waals surface area contributed by atoms with Crippen LogP contribution in [0.5, 0.6) is 5.75 Å². The summed E-state index contributed by atoms with van der Waals surface area (Å²) in [6.07, 6.45) is 3.87. The van der Waals surface area contributed by atoms with Gasteiger partial charge in [0.2, 0.25) is 0 Å². The summed E-state index contributed by atoms with van der Waals surface area (Å²) < 4.78 is 5.63. The van der Waals surface area contributed by atoms with Crippen LogP contribution in [0.15, 0.2) is 48.8 Å². The number of nitrogens with zero attached hydrogens (tertiary/aromatic N) is 1. The van der Waals surface area contributed by atoms with Crippen molar-refractivity contribution in [3.8, 4) is 5.75 Å². The van der Waals surface area contributed by atoms with E-state index in [0.717, 1.165) is 17.9 Å². The molecule has 0 spiro atoms. The molecule has 0 radical (unpaired) electrons. The highest BCUT2D eigenvalue weighted by molar-refractivity contribution is 7.17. The maximum Gasteiger partial charge on any atom is 0.119 e. The number of ether oxygens (including phenoxy) is 1. The quantitative estimate of drug-likeness (QED) is 0.826. The largest absolute Gasteiger partial charge is 0.491 e. The molecule has 4 heteroatoms. The van der Waals surface area contributed by atoms with E-state index in [0.29, 0.717) is 0 Å². The van der Waals surface area contributed by atoms with Gasteiger partial charge in [-0.2, -0.15) is 0 Å². The summed E-state index contributed by atoms with van der Waals surface area (Å²) in [7, 11) is 2.80. The summed E-state index contributed by atoms with van der Waals surface area (Å²) in [5, 5.41) is 3.46. The lowest BCUT2D eigenvalue weighted by atomic mass is 10.2. The summed E-state index contributed by atoms with van der Waals surface area (Å²) in [5.74, 6) is 1.12. The minimum absolute atomic E-state index is 0.204. The van der Waals surface area contributed by atoms with E-state index < -0.39 is 0 Å². The van der Waals surface area contributed by atoms with Gasteiger partial charge in [0.25, 0.3) is 0 Å². The third-order valence-electron chi connectivity index (χ3n) is 2.86. The monoisotopic (exact) mass is 288 g/mol. The summed E-state index contributed by atoms with van der Waals surface area (Å²) >= 11 is 0. The first-order valence-electron chi connectivity index (χ1n) is 6.79. The Balaban J connectivity index is 1.88. The van der Waals surface area contributed by atoms with Gasteiger partial charge in [0.05, 0.1) is 6.10 Å². The predicted molar refractivity (Wildman–Crippen MR) is 85.7 cm³/mol. The summed E-state index contributed by atoms with van der Waals surface area (Å²) in [4.78, 5) is 4.13. The number of rotatable bonds is 6. The van der Waals surface area contributed by atoms with Gasteiger partial charge in [-0.3, -0.25) is 4.98 Å². The van der Waals surface area contributed by atoms with Gasteiger partial charge < -0.3 is 10.1 Å². The van der Waals surface area contributed by atoms with E-state index in [1.54, 1.807) is 6.20 Å². The fraction of sp³-hybridized carbons (Fsp3) is 0.312. The Kier molecular flexibility index (Phi) is 5.51. The molecule has 0 saturated heterocycles. The van der Waals surface area contributed by atoms with Gasteiger partial charge in [-0.05, 0) is 43.2 Å². The van der Waals surface area contributed by atoms with Crippen molar-refractivity contribution in [1.29, 1.82) is 0 Å². The average Bonchev–Trinajstić information content (AvgIpc) is 2.46. The van der Waals surface area contributed by atoms with Crippen molar-refractivity contribution in [1.82, 2.24) is 10.3 Å². The minimum atomic E-state index is 0.204. The molecule has 0 aliphatic carbocycles. The minimum Gasteiger partial charge on any atom is -0.491 e. The number of benzene rings is 1. The zero-order valence-electron chi connectivity index (χ0n) is 11.9. The standard InChI is InChI=1S/C16H21N2OP/c1-12(2)19-15-7-5-13(6-8-15)10-18-16(20)14-4-3-9-17-11-14/h3-9,11-12,16,18H,10,20H2,1-2H3. The molecule has 1 aromatic heterocycles. The smallest absolute Gasteiger partial charge is 0.119 e. The Hall–Kier alpha value is -1.44. The van der Waals surface area contributed by atoms with E-state index in [1.807, 2.05) is 38.2 Å². The van der Waals surface area contributed by atoms with Gasteiger partial charge in [-0.15, -0.1) is 9.24 Å². The normalized spacial score (nSPS) is 12.4. The lowest BCUT2D eigenvalue weighted by Crippen LogP contribution is -2.15. The Morgan fingerprint density at radius 3 is 2.55 bits per heavy atom. The zero-order valence-corrected chi connectivity index (χ0v) is 13.1. The Labute approximate surface area is 123 Å². The van der Waals surface area contributed by atoms with E-state index in [9.17, 15) is 0 Å². The van der Waals surface area contributed by atoms with Gasteiger partial charge in [0.15, 0.2) is 0 Å². The van der Waals surface area contributed by atoms with Crippen molar-refractivity contribution in [2.45, 2.75) is 32.3 Å². The number of pyridine rings is 1. The molecule has 1 heterocycles. The van der Waals surface area contributed by atoms with E-state index in [2.05, 4.69) is 37.7 Å². The van der Waals surface area contributed by atoms with Crippen LogP contribution in [0.2, 0.25) is 0 Å². The van der Waals surface area contributed by atoms with Crippen LogP contribution in [0, 0.1) is 0 Å². The lowest BCUT2D eigenvalue weighted by molar-refractivity contribution is 0.242. The number of aromatic nitrogens is 1. The van der Waals surface area contributed by atoms with Crippen LogP contribution in [0.25, 0.3) is 0 Å². The van der Waals surface area contributed by atoms with Crippen LogP contribution in [-0.4, -0.2) is 11.1 Å². The second kappa shape index (κ2) is 7.37. The lowest BCUT2D eigenvalue weighted by Gasteiger charge is -2.14. The van der Waals surface area contributed by atoms with Crippen LogP contribution in [0.3, 0.4) is 0 Å². The highest BCUT2D eigenvalue weighted by Crippen LogP contribution is 2.20. The van der Waals surface area contributed by atoms with Crippen molar-refractivity contribution < 1.29 is 4.74 Å². The van der Waals surface area contributed by atoms with Crippen molar-refractivity contribution in [2.75, 3.05) is 0 Å². The second-order valence-electron chi connectivity index (χ2n) is 4.96. The van der Waals surface area contributed by atoms with E-state index in [-0.39, 0.29) is 11.9 Å². The van der Waals surface area contributed by atoms with E-state index in [1.165, 1.54) is 5.56 Å². The molecule has 2 rings (SSSR count). The fourth-order valence-corrected chi connectivity index (χ4v) is 2.18. The summed E-state index contributed by atoms with van der Waals surface area (Å²) in [5.41, 5.74) is 2.40. The predicted octanol–water partition coefficient (Wildman–Crippen LogP) is 3.53. The molecule has 1 N–H and O–H groups in total. The highest BCUT2D eigenvalue weighted by atomic mass is 31.0. The van der Waals surface area contributed by atoms with Gasteiger partial charge in [0.1, 0.15) is 5.75 Å². The second-order valence-corrected chi connectivity index (χ2v) is 5.62. The van der Waals surface area contributed by atoms with Crippen molar-refractivity contribution in [3.05, 3.63) is 59.9 Å². The summed E-state index contributed by atoms with van der Waals surface area (Å²) in [6, 6.07) is 12.2. The van der Waals surface area contributed by atoms with Gasteiger partial charge in [-0.1, -0.05) is 18.2 Å². The summed E-state index contributed by atoms with van der Waals surface area (Å²) in [6.45, 7) is 4.87.